The van der Waals surface area contributed by atoms with Gasteiger partial charge in [0.1, 0.15) is 18.6 Å². The maximum absolute atomic E-state index is 13.1. The first-order valence-corrected chi connectivity index (χ1v) is 9.35. The van der Waals surface area contributed by atoms with Gasteiger partial charge in [-0.3, -0.25) is 9.78 Å². The number of aromatic nitrogens is 2. The van der Waals surface area contributed by atoms with Crippen LogP contribution in [-0.2, 0) is 13.0 Å². The zero-order chi connectivity index (χ0) is 20.1. The van der Waals surface area contributed by atoms with Crippen LogP contribution in [0.15, 0.2) is 83.8 Å². The van der Waals surface area contributed by atoms with E-state index < -0.39 is 0 Å². The van der Waals surface area contributed by atoms with Gasteiger partial charge in [0.25, 0.3) is 0 Å². The highest BCUT2D eigenvalue weighted by Crippen LogP contribution is 2.28. The van der Waals surface area contributed by atoms with Crippen LogP contribution >= 0.6 is 0 Å². The molecule has 0 fully saturated rings. The minimum Gasteiger partial charge on any atom is -0.488 e. The molecule has 0 saturated heterocycles. The topological polar surface area (TPSA) is 65.2 Å². The van der Waals surface area contributed by atoms with E-state index in [-0.39, 0.29) is 12.2 Å². The summed E-state index contributed by atoms with van der Waals surface area (Å²) in [5.41, 5.74) is 5.00. The van der Waals surface area contributed by atoms with Crippen LogP contribution < -0.4 is 4.74 Å². The molecule has 0 radical (unpaired) electrons. The average Bonchev–Trinajstić information content (AvgIpc) is 3.18. The molecule has 0 unspecified atom stereocenters. The lowest BCUT2D eigenvalue weighted by atomic mass is 9.98. The Hall–Kier alpha value is -3.73. The summed E-state index contributed by atoms with van der Waals surface area (Å²) < 4.78 is 11.0. The maximum Gasteiger partial charge on any atom is 0.171 e. The smallest absolute Gasteiger partial charge is 0.171 e. The predicted octanol–water partition coefficient (Wildman–Crippen LogP) is 5.05. The molecular formula is C24H20N2O3. The Morgan fingerprint density at radius 2 is 1.79 bits per heavy atom. The lowest BCUT2D eigenvalue weighted by Crippen LogP contribution is -2.08. The van der Waals surface area contributed by atoms with E-state index in [1.165, 1.54) is 6.26 Å². The number of hydrogen-bond donors (Lipinski definition) is 0. The minimum absolute atomic E-state index is 0.0460. The summed E-state index contributed by atoms with van der Waals surface area (Å²) in [6, 6.07) is 19.4. The molecule has 0 bridgehead atoms. The maximum atomic E-state index is 13.1. The van der Waals surface area contributed by atoms with Gasteiger partial charge in [0, 0.05) is 24.4 Å². The fourth-order valence-electron chi connectivity index (χ4n) is 3.08. The van der Waals surface area contributed by atoms with Crippen LogP contribution in [0.25, 0.3) is 11.1 Å². The lowest BCUT2D eigenvalue weighted by Gasteiger charge is -2.13. The molecule has 0 spiro atoms. The number of benzene rings is 2. The molecule has 2 aromatic carbocycles. The molecule has 0 aliphatic carbocycles. The standard InChI is InChI=1S/C24H20N2O3/c1-17-21(16-29-26-17)14-23(27)22-13-20(19-9-11-25-12-10-19)7-8-24(22)28-15-18-5-3-2-4-6-18/h2-13,16H,14-15H2,1H3. The van der Waals surface area contributed by atoms with Gasteiger partial charge in [0.05, 0.1) is 11.3 Å². The molecule has 2 aromatic heterocycles. The highest BCUT2D eigenvalue weighted by atomic mass is 16.5. The van der Waals surface area contributed by atoms with Crippen LogP contribution in [0.2, 0.25) is 0 Å². The van der Waals surface area contributed by atoms with Gasteiger partial charge in [0.15, 0.2) is 5.78 Å². The first kappa shape index (κ1) is 18.6. The summed E-state index contributed by atoms with van der Waals surface area (Å²) in [6.07, 6.45) is 5.19. The summed E-state index contributed by atoms with van der Waals surface area (Å²) in [6.45, 7) is 2.22. The third-order valence-electron chi connectivity index (χ3n) is 4.73. The van der Waals surface area contributed by atoms with E-state index in [1.807, 2.05) is 67.6 Å². The van der Waals surface area contributed by atoms with Gasteiger partial charge in [-0.15, -0.1) is 0 Å². The molecule has 0 aliphatic heterocycles. The van der Waals surface area contributed by atoms with Crippen molar-refractivity contribution < 1.29 is 14.1 Å². The number of pyridine rings is 1. The van der Waals surface area contributed by atoms with Gasteiger partial charge in [-0.1, -0.05) is 41.6 Å². The second-order valence-corrected chi connectivity index (χ2v) is 6.75. The van der Waals surface area contributed by atoms with E-state index in [0.29, 0.717) is 17.9 Å². The van der Waals surface area contributed by atoms with Crippen molar-refractivity contribution in [2.24, 2.45) is 0 Å². The number of hydrogen-bond acceptors (Lipinski definition) is 5. The van der Waals surface area contributed by atoms with E-state index in [1.54, 1.807) is 12.4 Å². The van der Waals surface area contributed by atoms with Crippen LogP contribution in [-0.4, -0.2) is 15.9 Å². The molecule has 144 valence electrons. The average molecular weight is 384 g/mol. The van der Waals surface area contributed by atoms with Crippen LogP contribution in [0.4, 0.5) is 0 Å². The third kappa shape index (κ3) is 4.41. The van der Waals surface area contributed by atoms with Crippen molar-refractivity contribution in [2.75, 3.05) is 0 Å². The number of ether oxygens (including phenoxy) is 1. The van der Waals surface area contributed by atoms with Crippen LogP contribution in [0.1, 0.15) is 27.2 Å². The number of carbonyl (C=O) groups excluding carboxylic acids is 1. The lowest BCUT2D eigenvalue weighted by molar-refractivity contribution is 0.0988. The van der Waals surface area contributed by atoms with Gasteiger partial charge in [-0.2, -0.15) is 0 Å². The van der Waals surface area contributed by atoms with Crippen LogP contribution in [0.5, 0.6) is 5.75 Å². The number of Topliss-reactive ketones (excluding diaryl/α,β-unsaturated/α-hetero) is 1. The molecule has 4 rings (SSSR count). The van der Waals surface area contributed by atoms with Gasteiger partial charge < -0.3 is 9.26 Å². The highest BCUT2D eigenvalue weighted by molar-refractivity contribution is 6.01. The summed E-state index contributed by atoms with van der Waals surface area (Å²) >= 11 is 0. The second kappa shape index (κ2) is 8.52. The Morgan fingerprint density at radius 1 is 1.00 bits per heavy atom. The number of carbonyl (C=O) groups is 1. The monoisotopic (exact) mass is 384 g/mol. The Balaban J connectivity index is 1.65. The van der Waals surface area contributed by atoms with Gasteiger partial charge in [0.2, 0.25) is 0 Å². The Morgan fingerprint density at radius 3 is 2.52 bits per heavy atom. The molecular weight excluding hydrogens is 364 g/mol. The van der Waals surface area contributed by atoms with Crippen molar-refractivity contribution >= 4 is 5.78 Å². The molecule has 5 nitrogen and oxygen atoms in total. The van der Waals surface area contributed by atoms with E-state index >= 15 is 0 Å². The Bertz CT molecular complexity index is 1110. The zero-order valence-electron chi connectivity index (χ0n) is 16.0. The molecule has 5 heteroatoms. The largest absolute Gasteiger partial charge is 0.488 e. The summed E-state index contributed by atoms with van der Waals surface area (Å²) in [5.74, 6) is 0.515. The molecule has 0 aliphatic rings. The molecule has 4 aromatic rings. The SMILES string of the molecule is Cc1nocc1CC(=O)c1cc(-c2ccncc2)ccc1OCc1ccccc1. The minimum atomic E-state index is -0.0460. The fourth-order valence-corrected chi connectivity index (χ4v) is 3.08. The van der Waals surface area contributed by atoms with Crippen molar-refractivity contribution in [3.63, 3.8) is 0 Å². The molecule has 0 N–H and O–H groups in total. The Kier molecular flexibility index (Phi) is 5.47. The number of ketones is 1. The van der Waals surface area contributed by atoms with Crippen molar-refractivity contribution in [3.05, 3.63) is 102 Å². The fraction of sp³-hybridized carbons (Fsp3) is 0.125. The van der Waals surface area contributed by atoms with Crippen LogP contribution in [0, 0.1) is 6.92 Å². The number of rotatable bonds is 7. The Labute approximate surface area is 169 Å². The van der Waals surface area contributed by atoms with E-state index in [9.17, 15) is 4.79 Å². The number of nitrogens with zero attached hydrogens (tertiary/aromatic N) is 2. The van der Waals surface area contributed by atoms with Gasteiger partial charge in [-0.25, -0.2) is 0 Å². The highest BCUT2D eigenvalue weighted by Gasteiger charge is 2.17. The zero-order valence-corrected chi connectivity index (χ0v) is 16.0. The van der Waals surface area contributed by atoms with Crippen molar-refractivity contribution in [2.45, 2.75) is 20.0 Å². The molecule has 0 saturated carbocycles. The van der Waals surface area contributed by atoms with Gasteiger partial charge in [-0.05, 0) is 47.9 Å². The number of aryl methyl sites for hydroxylation is 1. The predicted molar refractivity (Wildman–Crippen MR) is 110 cm³/mol. The van der Waals surface area contributed by atoms with Crippen molar-refractivity contribution in [1.82, 2.24) is 10.1 Å². The molecule has 0 amide bonds. The normalized spacial score (nSPS) is 10.7. The van der Waals surface area contributed by atoms with Gasteiger partial charge >= 0.3 is 0 Å². The van der Waals surface area contributed by atoms with E-state index in [4.69, 9.17) is 9.26 Å². The van der Waals surface area contributed by atoms with Crippen molar-refractivity contribution in [1.29, 1.82) is 0 Å². The van der Waals surface area contributed by atoms with E-state index in [2.05, 4.69) is 10.1 Å². The first-order chi connectivity index (χ1) is 14.2. The van der Waals surface area contributed by atoms with Crippen molar-refractivity contribution in [3.8, 4) is 16.9 Å². The summed E-state index contributed by atoms with van der Waals surface area (Å²) in [4.78, 5) is 17.2. The third-order valence-corrected chi connectivity index (χ3v) is 4.73. The van der Waals surface area contributed by atoms with E-state index in [0.717, 1.165) is 27.9 Å². The molecule has 2 heterocycles. The second-order valence-electron chi connectivity index (χ2n) is 6.75. The summed E-state index contributed by atoms with van der Waals surface area (Å²) in [5, 5.41) is 3.86. The first-order valence-electron chi connectivity index (χ1n) is 9.35. The molecule has 29 heavy (non-hydrogen) atoms. The quantitative estimate of drug-likeness (QED) is 0.417. The van der Waals surface area contributed by atoms with Crippen LogP contribution in [0.3, 0.4) is 0 Å². The summed E-state index contributed by atoms with van der Waals surface area (Å²) in [7, 11) is 0. The molecule has 0 atom stereocenters.